The summed E-state index contributed by atoms with van der Waals surface area (Å²) < 4.78 is 30.9. The van der Waals surface area contributed by atoms with E-state index in [0.717, 1.165) is 25.0 Å². The number of carbonyl (C=O) groups excluding carboxylic acids is 2. The van der Waals surface area contributed by atoms with Gasteiger partial charge in [0.05, 0.1) is 5.56 Å². The fourth-order valence-corrected chi connectivity index (χ4v) is 1.48. The second kappa shape index (κ2) is 5.34. The molecule has 0 spiro atoms. The molecule has 1 atom stereocenters. The third-order valence-corrected chi connectivity index (χ3v) is 2.73. The average Bonchev–Trinajstić information content (AvgIpc) is 3.12. The molecule has 1 aromatic carbocycles. The number of benzene rings is 1. The lowest BCUT2D eigenvalue weighted by Gasteiger charge is -2.13. The van der Waals surface area contributed by atoms with E-state index >= 15 is 0 Å². The van der Waals surface area contributed by atoms with Crippen molar-refractivity contribution in [2.24, 2.45) is 0 Å². The van der Waals surface area contributed by atoms with Crippen LogP contribution in [0.2, 0.25) is 0 Å². The summed E-state index contributed by atoms with van der Waals surface area (Å²) in [6.45, 7) is 1.40. The van der Waals surface area contributed by atoms with Crippen molar-refractivity contribution in [1.82, 2.24) is 5.32 Å². The normalized spacial score (nSPS) is 15.7. The Morgan fingerprint density at radius 1 is 1.37 bits per heavy atom. The number of rotatable bonds is 4. The van der Waals surface area contributed by atoms with E-state index in [0.29, 0.717) is 6.07 Å². The van der Waals surface area contributed by atoms with Crippen LogP contribution < -0.4 is 5.32 Å². The second-order valence-corrected chi connectivity index (χ2v) is 4.45. The maximum absolute atomic E-state index is 13.3. The molecule has 102 valence electrons. The molecule has 2 rings (SSSR count). The molecule has 1 aliphatic rings. The van der Waals surface area contributed by atoms with Crippen LogP contribution in [0.5, 0.6) is 0 Å². The molecule has 0 aromatic heterocycles. The van der Waals surface area contributed by atoms with E-state index in [1.54, 1.807) is 0 Å². The van der Waals surface area contributed by atoms with E-state index in [4.69, 9.17) is 4.74 Å². The highest BCUT2D eigenvalue weighted by Gasteiger charge is 2.27. The maximum Gasteiger partial charge on any atom is 0.341 e. The number of hydrogen-bond donors (Lipinski definition) is 1. The highest BCUT2D eigenvalue weighted by Crippen LogP contribution is 2.19. The van der Waals surface area contributed by atoms with Gasteiger partial charge >= 0.3 is 5.97 Å². The Bertz CT molecular complexity index is 515. The molecular formula is C13H13F2NO3. The van der Waals surface area contributed by atoms with Crippen LogP contribution in [0.3, 0.4) is 0 Å². The van der Waals surface area contributed by atoms with Gasteiger partial charge in [0.1, 0.15) is 11.6 Å². The number of ether oxygens (including phenoxy) is 1. The molecule has 0 heterocycles. The van der Waals surface area contributed by atoms with E-state index in [-0.39, 0.29) is 6.04 Å². The van der Waals surface area contributed by atoms with E-state index in [1.807, 2.05) is 0 Å². The molecule has 1 saturated carbocycles. The fourth-order valence-electron chi connectivity index (χ4n) is 1.48. The zero-order chi connectivity index (χ0) is 14.0. The van der Waals surface area contributed by atoms with E-state index < -0.39 is 35.2 Å². The Morgan fingerprint density at radius 2 is 2.05 bits per heavy atom. The smallest absolute Gasteiger partial charge is 0.341 e. The first-order valence-corrected chi connectivity index (χ1v) is 5.94. The fraction of sp³-hybridized carbons (Fsp3) is 0.385. The summed E-state index contributed by atoms with van der Waals surface area (Å²) in [5, 5.41) is 2.66. The summed E-state index contributed by atoms with van der Waals surface area (Å²) in [7, 11) is 0. The lowest BCUT2D eigenvalue weighted by atomic mass is 10.2. The van der Waals surface area contributed by atoms with Gasteiger partial charge < -0.3 is 10.1 Å². The van der Waals surface area contributed by atoms with Gasteiger partial charge in [-0.2, -0.15) is 0 Å². The standard InChI is InChI=1S/C13H13F2NO3/c1-7(12(17)16-9-3-4-9)19-13(18)10-5-2-8(14)6-11(10)15/h2,5-7,9H,3-4H2,1H3,(H,16,17). The molecular weight excluding hydrogens is 256 g/mol. The minimum Gasteiger partial charge on any atom is -0.449 e. The van der Waals surface area contributed by atoms with Crippen LogP contribution in [-0.2, 0) is 9.53 Å². The van der Waals surface area contributed by atoms with Gasteiger partial charge in [-0.15, -0.1) is 0 Å². The molecule has 0 radical (unpaired) electrons. The van der Waals surface area contributed by atoms with Crippen LogP contribution in [0.1, 0.15) is 30.1 Å². The summed E-state index contributed by atoms with van der Waals surface area (Å²) in [6, 6.07) is 2.68. The Labute approximate surface area is 108 Å². The Hall–Kier alpha value is -1.98. The van der Waals surface area contributed by atoms with Crippen LogP contribution in [0.25, 0.3) is 0 Å². The van der Waals surface area contributed by atoms with Gasteiger partial charge in [-0.1, -0.05) is 0 Å². The minimum absolute atomic E-state index is 0.149. The van der Waals surface area contributed by atoms with E-state index in [2.05, 4.69) is 5.32 Å². The number of nitrogens with one attached hydrogen (secondary N) is 1. The first-order valence-electron chi connectivity index (χ1n) is 5.94. The molecule has 4 nitrogen and oxygen atoms in total. The SMILES string of the molecule is CC(OC(=O)c1ccc(F)cc1F)C(=O)NC1CC1. The van der Waals surface area contributed by atoms with Crippen LogP contribution >= 0.6 is 0 Å². The number of carbonyl (C=O) groups is 2. The van der Waals surface area contributed by atoms with Gasteiger partial charge in [-0.3, -0.25) is 4.79 Å². The molecule has 1 unspecified atom stereocenters. The monoisotopic (exact) mass is 269 g/mol. The van der Waals surface area contributed by atoms with Crippen LogP contribution in [0.15, 0.2) is 18.2 Å². The second-order valence-electron chi connectivity index (χ2n) is 4.45. The molecule has 0 bridgehead atoms. The highest BCUT2D eigenvalue weighted by atomic mass is 19.1. The van der Waals surface area contributed by atoms with Crippen molar-refractivity contribution in [3.8, 4) is 0 Å². The molecule has 0 saturated heterocycles. The molecule has 1 N–H and O–H groups in total. The molecule has 19 heavy (non-hydrogen) atoms. The largest absolute Gasteiger partial charge is 0.449 e. The van der Waals surface area contributed by atoms with E-state index in [1.165, 1.54) is 6.92 Å². The van der Waals surface area contributed by atoms with Crippen molar-refractivity contribution in [1.29, 1.82) is 0 Å². The van der Waals surface area contributed by atoms with Crippen LogP contribution in [0.4, 0.5) is 8.78 Å². The first-order chi connectivity index (χ1) is 8.97. The minimum atomic E-state index is -1.02. The van der Waals surface area contributed by atoms with Gasteiger partial charge in [0.2, 0.25) is 0 Å². The Balaban J connectivity index is 1.97. The lowest BCUT2D eigenvalue weighted by Crippen LogP contribution is -2.37. The van der Waals surface area contributed by atoms with Gasteiger partial charge in [-0.05, 0) is 31.9 Å². The Morgan fingerprint density at radius 3 is 2.63 bits per heavy atom. The lowest BCUT2D eigenvalue weighted by molar-refractivity contribution is -0.129. The summed E-state index contributed by atoms with van der Waals surface area (Å²) in [5.41, 5.74) is -0.396. The van der Waals surface area contributed by atoms with Crippen molar-refractivity contribution in [2.75, 3.05) is 0 Å². The molecule has 1 fully saturated rings. The first kappa shape index (κ1) is 13.5. The number of esters is 1. The Kier molecular flexibility index (Phi) is 3.78. The van der Waals surface area contributed by atoms with Crippen LogP contribution in [-0.4, -0.2) is 24.0 Å². The third kappa shape index (κ3) is 3.49. The predicted molar refractivity (Wildman–Crippen MR) is 62.4 cm³/mol. The van der Waals surface area contributed by atoms with Gasteiger partial charge in [0.15, 0.2) is 6.10 Å². The van der Waals surface area contributed by atoms with Crippen molar-refractivity contribution in [3.63, 3.8) is 0 Å². The predicted octanol–water partition coefficient (Wildman–Crippen LogP) is 1.79. The van der Waals surface area contributed by atoms with Crippen molar-refractivity contribution < 1.29 is 23.1 Å². The summed E-state index contributed by atoms with van der Waals surface area (Å²) in [6.07, 6.45) is 0.815. The van der Waals surface area contributed by atoms with Gasteiger partial charge in [-0.25, -0.2) is 13.6 Å². The highest BCUT2D eigenvalue weighted by molar-refractivity contribution is 5.92. The van der Waals surface area contributed by atoms with Crippen molar-refractivity contribution in [3.05, 3.63) is 35.4 Å². The van der Waals surface area contributed by atoms with E-state index in [9.17, 15) is 18.4 Å². The van der Waals surface area contributed by atoms with Crippen molar-refractivity contribution in [2.45, 2.75) is 31.9 Å². The average molecular weight is 269 g/mol. The molecule has 6 heteroatoms. The van der Waals surface area contributed by atoms with Gasteiger partial charge in [0, 0.05) is 12.1 Å². The summed E-state index contributed by atoms with van der Waals surface area (Å²) in [5.74, 6) is -3.21. The molecule has 0 aliphatic heterocycles. The molecule has 1 aliphatic carbocycles. The maximum atomic E-state index is 13.3. The van der Waals surface area contributed by atoms with Crippen molar-refractivity contribution >= 4 is 11.9 Å². The molecule has 1 amide bonds. The zero-order valence-corrected chi connectivity index (χ0v) is 10.3. The number of halogens is 2. The third-order valence-electron chi connectivity index (χ3n) is 2.73. The quantitative estimate of drug-likeness (QED) is 0.848. The summed E-state index contributed by atoms with van der Waals surface area (Å²) >= 11 is 0. The summed E-state index contributed by atoms with van der Waals surface area (Å²) in [4.78, 5) is 23.2. The number of hydrogen-bond acceptors (Lipinski definition) is 3. The topological polar surface area (TPSA) is 55.4 Å². The van der Waals surface area contributed by atoms with Crippen LogP contribution in [0, 0.1) is 11.6 Å². The molecule has 1 aromatic rings. The van der Waals surface area contributed by atoms with Gasteiger partial charge in [0.25, 0.3) is 5.91 Å². The zero-order valence-electron chi connectivity index (χ0n) is 10.3. The number of amides is 1.